The summed E-state index contributed by atoms with van der Waals surface area (Å²) in [6.07, 6.45) is 0.706. The minimum atomic E-state index is -0.348. The molecule has 13 heavy (non-hydrogen) atoms. The minimum absolute atomic E-state index is 0.218. The zero-order chi connectivity index (χ0) is 10.3. The number of nitro benzene ring substituents is 1. The van der Waals surface area contributed by atoms with E-state index < -0.39 is 0 Å². The van der Waals surface area contributed by atoms with Crippen LogP contribution >= 0.6 is 0 Å². The van der Waals surface area contributed by atoms with Gasteiger partial charge in [0.15, 0.2) is 0 Å². The summed E-state index contributed by atoms with van der Waals surface area (Å²) >= 11 is 0. The molecule has 0 bridgehead atoms. The highest BCUT2D eigenvalue weighted by molar-refractivity contribution is 5.39. The topological polar surface area (TPSA) is 43.1 Å². The Hall–Kier alpha value is -1.38. The van der Waals surface area contributed by atoms with E-state index in [0.717, 1.165) is 5.56 Å². The second-order valence-corrected chi connectivity index (χ2v) is 2.24. The summed E-state index contributed by atoms with van der Waals surface area (Å²) in [6.45, 7) is 5.91. The van der Waals surface area contributed by atoms with Gasteiger partial charge in [-0.25, -0.2) is 0 Å². The van der Waals surface area contributed by atoms with Crippen molar-refractivity contribution in [1.82, 2.24) is 0 Å². The summed E-state index contributed by atoms with van der Waals surface area (Å²) in [6, 6.07) is 6.79. The largest absolute Gasteiger partial charge is 0.272 e. The summed E-state index contributed by atoms with van der Waals surface area (Å²) < 4.78 is 0. The number of para-hydroxylation sites is 1. The zero-order valence-electron chi connectivity index (χ0n) is 8.28. The van der Waals surface area contributed by atoms with Crippen LogP contribution < -0.4 is 0 Å². The first-order chi connectivity index (χ1) is 6.25. The van der Waals surface area contributed by atoms with Crippen LogP contribution in [0.5, 0.6) is 0 Å². The first-order valence-corrected chi connectivity index (χ1v) is 4.48. The van der Waals surface area contributed by atoms with Crippen molar-refractivity contribution < 1.29 is 4.92 Å². The number of hydrogen-bond donors (Lipinski definition) is 0. The number of benzene rings is 1. The van der Waals surface area contributed by atoms with E-state index >= 15 is 0 Å². The van der Waals surface area contributed by atoms with Gasteiger partial charge in [-0.15, -0.1) is 0 Å². The predicted molar refractivity (Wildman–Crippen MR) is 53.8 cm³/mol. The van der Waals surface area contributed by atoms with Gasteiger partial charge in [0.05, 0.1) is 4.92 Å². The van der Waals surface area contributed by atoms with Crippen LogP contribution in [0.3, 0.4) is 0 Å². The molecule has 0 atom stereocenters. The number of rotatable bonds is 2. The monoisotopic (exact) mass is 181 g/mol. The normalized spacial score (nSPS) is 8.54. The predicted octanol–water partition coefficient (Wildman–Crippen LogP) is 3.18. The van der Waals surface area contributed by atoms with Gasteiger partial charge < -0.3 is 0 Å². The smallest absolute Gasteiger partial charge is 0.258 e. The van der Waals surface area contributed by atoms with Crippen molar-refractivity contribution in [1.29, 1.82) is 0 Å². The van der Waals surface area contributed by atoms with Crippen LogP contribution in [0.4, 0.5) is 5.69 Å². The molecule has 0 spiro atoms. The number of hydrogen-bond acceptors (Lipinski definition) is 2. The fourth-order valence-corrected chi connectivity index (χ4v) is 0.988. The molecule has 1 aromatic carbocycles. The average Bonchev–Trinajstić information content (AvgIpc) is 2.20. The molecule has 72 valence electrons. The maximum atomic E-state index is 10.4. The third-order valence-corrected chi connectivity index (χ3v) is 1.57. The zero-order valence-corrected chi connectivity index (χ0v) is 8.28. The second-order valence-electron chi connectivity index (χ2n) is 2.24. The van der Waals surface area contributed by atoms with Crippen LogP contribution in [0, 0.1) is 10.1 Å². The van der Waals surface area contributed by atoms with Gasteiger partial charge in [-0.1, -0.05) is 39.0 Å². The quantitative estimate of drug-likeness (QED) is 0.519. The number of nitro groups is 1. The molecule has 0 aliphatic carbocycles. The summed E-state index contributed by atoms with van der Waals surface area (Å²) in [5.41, 5.74) is 1.01. The van der Waals surface area contributed by atoms with Gasteiger partial charge >= 0.3 is 0 Å². The maximum absolute atomic E-state index is 10.4. The Labute approximate surface area is 78.5 Å². The molecule has 0 saturated carbocycles. The highest BCUT2D eigenvalue weighted by atomic mass is 16.6. The third-order valence-electron chi connectivity index (χ3n) is 1.57. The van der Waals surface area contributed by atoms with Crippen molar-refractivity contribution in [2.24, 2.45) is 0 Å². The lowest BCUT2D eigenvalue weighted by molar-refractivity contribution is -0.385. The Balaban J connectivity index is 0.000000671. The van der Waals surface area contributed by atoms with Crippen molar-refractivity contribution in [3.8, 4) is 0 Å². The molecule has 0 heterocycles. The van der Waals surface area contributed by atoms with E-state index in [1.54, 1.807) is 12.1 Å². The second kappa shape index (κ2) is 6.17. The molecule has 0 aromatic heterocycles. The van der Waals surface area contributed by atoms with E-state index in [1.165, 1.54) is 6.07 Å². The Morgan fingerprint density at radius 3 is 2.23 bits per heavy atom. The van der Waals surface area contributed by atoms with Crippen LogP contribution in [0.15, 0.2) is 24.3 Å². The van der Waals surface area contributed by atoms with Crippen molar-refractivity contribution in [3.63, 3.8) is 0 Å². The van der Waals surface area contributed by atoms with Crippen LogP contribution in [-0.4, -0.2) is 4.92 Å². The van der Waals surface area contributed by atoms with Crippen molar-refractivity contribution >= 4 is 5.69 Å². The van der Waals surface area contributed by atoms with Gasteiger partial charge in [0, 0.05) is 11.6 Å². The van der Waals surface area contributed by atoms with E-state index in [1.807, 2.05) is 26.8 Å². The van der Waals surface area contributed by atoms with E-state index in [2.05, 4.69) is 0 Å². The van der Waals surface area contributed by atoms with E-state index in [4.69, 9.17) is 0 Å². The van der Waals surface area contributed by atoms with Gasteiger partial charge in [0.1, 0.15) is 0 Å². The van der Waals surface area contributed by atoms with Gasteiger partial charge in [0.2, 0.25) is 0 Å². The van der Waals surface area contributed by atoms with Gasteiger partial charge in [-0.3, -0.25) is 10.1 Å². The Kier molecular flexibility index (Phi) is 5.52. The molecular formula is C10H15NO2. The summed E-state index contributed by atoms with van der Waals surface area (Å²) in [5.74, 6) is 0. The molecule has 0 aliphatic heterocycles. The molecule has 0 unspecified atom stereocenters. The lowest BCUT2D eigenvalue weighted by atomic mass is 10.1. The van der Waals surface area contributed by atoms with Gasteiger partial charge in [-0.2, -0.15) is 0 Å². The standard InChI is InChI=1S/C8H9NO2.C2H6/c1-2-7-5-3-4-6-8(7)9(10)11;1-2/h3-6H,2H2,1H3;1-2H3. The van der Waals surface area contributed by atoms with Crippen LogP contribution in [0.1, 0.15) is 26.3 Å². The first-order valence-electron chi connectivity index (χ1n) is 4.48. The fraction of sp³-hybridized carbons (Fsp3) is 0.400. The highest BCUT2D eigenvalue weighted by Gasteiger charge is 2.08. The molecule has 0 saturated heterocycles. The molecule has 0 amide bonds. The molecule has 0 aliphatic rings. The van der Waals surface area contributed by atoms with Crippen molar-refractivity contribution in [2.75, 3.05) is 0 Å². The summed E-state index contributed by atoms with van der Waals surface area (Å²) in [4.78, 5) is 10.0. The number of nitrogens with zero attached hydrogens (tertiary/aromatic N) is 1. The Morgan fingerprint density at radius 1 is 1.31 bits per heavy atom. The summed E-state index contributed by atoms with van der Waals surface area (Å²) in [7, 11) is 0. The van der Waals surface area contributed by atoms with E-state index in [-0.39, 0.29) is 10.6 Å². The van der Waals surface area contributed by atoms with Crippen LogP contribution in [0.25, 0.3) is 0 Å². The highest BCUT2D eigenvalue weighted by Crippen LogP contribution is 2.17. The van der Waals surface area contributed by atoms with Crippen LogP contribution in [0.2, 0.25) is 0 Å². The van der Waals surface area contributed by atoms with Crippen molar-refractivity contribution in [3.05, 3.63) is 39.9 Å². The molecule has 0 N–H and O–H groups in total. The molecule has 3 heteroatoms. The summed E-state index contributed by atoms with van der Waals surface area (Å²) in [5, 5.41) is 10.4. The molecule has 1 rings (SSSR count). The Bertz CT molecular complexity index is 271. The maximum Gasteiger partial charge on any atom is 0.272 e. The third kappa shape index (κ3) is 3.23. The minimum Gasteiger partial charge on any atom is -0.258 e. The lowest BCUT2D eigenvalue weighted by Crippen LogP contribution is -1.92. The molecule has 1 aromatic rings. The first kappa shape index (κ1) is 11.6. The van der Waals surface area contributed by atoms with Crippen LogP contribution in [-0.2, 0) is 6.42 Å². The SMILES string of the molecule is CC.CCc1ccccc1[N+](=O)[O-]. The van der Waals surface area contributed by atoms with E-state index in [0.29, 0.717) is 6.42 Å². The Morgan fingerprint density at radius 2 is 1.85 bits per heavy atom. The molecule has 0 fully saturated rings. The molecular weight excluding hydrogens is 166 g/mol. The van der Waals surface area contributed by atoms with Crippen molar-refractivity contribution in [2.45, 2.75) is 27.2 Å². The number of aryl methyl sites for hydroxylation is 1. The van der Waals surface area contributed by atoms with Gasteiger partial charge in [0.25, 0.3) is 5.69 Å². The van der Waals surface area contributed by atoms with E-state index in [9.17, 15) is 10.1 Å². The van der Waals surface area contributed by atoms with Gasteiger partial charge in [-0.05, 0) is 6.42 Å². The fourth-order valence-electron chi connectivity index (χ4n) is 0.988. The molecule has 0 radical (unpaired) electrons. The molecule has 3 nitrogen and oxygen atoms in total. The average molecular weight is 181 g/mol. The lowest BCUT2D eigenvalue weighted by Gasteiger charge is -1.96.